The van der Waals surface area contributed by atoms with Crippen molar-refractivity contribution in [2.24, 2.45) is 0 Å². The van der Waals surface area contributed by atoms with Crippen LogP contribution in [0.5, 0.6) is 5.88 Å². The molecule has 1 rings (SSSR count). The van der Waals surface area contributed by atoms with E-state index < -0.39 is 6.43 Å². The zero-order valence-corrected chi connectivity index (χ0v) is 7.90. The van der Waals surface area contributed by atoms with Crippen LogP contribution >= 0.6 is 11.6 Å². The number of nitrogens with zero attached hydrogens (tertiary/aromatic N) is 1. The van der Waals surface area contributed by atoms with Gasteiger partial charge in [-0.05, 0) is 12.5 Å². The van der Waals surface area contributed by atoms with Gasteiger partial charge in [-0.3, -0.25) is 0 Å². The van der Waals surface area contributed by atoms with Crippen LogP contribution < -0.4 is 4.74 Å². The maximum absolute atomic E-state index is 12.5. The van der Waals surface area contributed by atoms with Gasteiger partial charge in [0.1, 0.15) is 0 Å². The van der Waals surface area contributed by atoms with E-state index in [1.807, 2.05) is 0 Å². The third-order valence-electron chi connectivity index (χ3n) is 1.70. The van der Waals surface area contributed by atoms with E-state index in [0.29, 0.717) is 5.56 Å². The first-order chi connectivity index (χ1) is 6.07. The molecule has 0 aliphatic rings. The largest absolute Gasteiger partial charge is 0.481 e. The summed E-state index contributed by atoms with van der Waals surface area (Å²) in [5.74, 6) is -0.0723. The quantitative estimate of drug-likeness (QED) is 0.744. The van der Waals surface area contributed by atoms with Crippen molar-refractivity contribution in [3.63, 3.8) is 0 Å². The van der Waals surface area contributed by atoms with Crippen LogP contribution in [0.4, 0.5) is 8.78 Å². The van der Waals surface area contributed by atoms with Gasteiger partial charge >= 0.3 is 0 Å². The van der Waals surface area contributed by atoms with Crippen LogP contribution in [0.15, 0.2) is 6.20 Å². The van der Waals surface area contributed by atoms with Crippen LogP contribution in [0, 0.1) is 6.92 Å². The van der Waals surface area contributed by atoms with Crippen LogP contribution in [0.2, 0.25) is 5.02 Å². The van der Waals surface area contributed by atoms with Crippen molar-refractivity contribution in [3.8, 4) is 5.88 Å². The van der Waals surface area contributed by atoms with Crippen LogP contribution in [-0.4, -0.2) is 12.1 Å². The lowest BCUT2D eigenvalue weighted by Crippen LogP contribution is -1.99. The number of alkyl halides is 2. The van der Waals surface area contributed by atoms with Crippen molar-refractivity contribution in [1.82, 2.24) is 4.98 Å². The molecule has 0 fully saturated rings. The Balaban J connectivity index is 3.32. The third kappa shape index (κ3) is 1.88. The summed E-state index contributed by atoms with van der Waals surface area (Å²) in [7, 11) is 1.29. The van der Waals surface area contributed by atoms with E-state index in [2.05, 4.69) is 4.98 Å². The zero-order chi connectivity index (χ0) is 10.0. The Morgan fingerprint density at radius 1 is 1.54 bits per heavy atom. The smallest absolute Gasteiger partial charge is 0.269 e. The van der Waals surface area contributed by atoms with Gasteiger partial charge in [0.15, 0.2) is 0 Å². The number of halogens is 3. The van der Waals surface area contributed by atoms with Crippen LogP contribution in [0.25, 0.3) is 0 Å². The fourth-order valence-corrected chi connectivity index (χ4v) is 1.14. The maximum Gasteiger partial charge on any atom is 0.269 e. The summed E-state index contributed by atoms with van der Waals surface area (Å²) in [4.78, 5) is 3.64. The number of rotatable bonds is 2. The second-order valence-corrected chi connectivity index (χ2v) is 2.86. The molecule has 0 bridgehead atoms. The molecule has 0 unspecified atom stereocenters. The Kier molecular flexibility index (Phi) is 3.03. The molecule has 0 atom stereocenters. The predicted octanol–water partition coefficient (Wildman–Crippen LogP) is 2.99. The van der Waals surface area contributed by atoms with Crippen molar-refractivity contribution in [1.29, 1.82) is 0 Å². The Bertz CT molecular complexity index is 317. The summed E-state index contributed by atoms with van der Waals surface area (Å²) in [6.45, 7) is 1.51. The average molecular weight is 208 g/mol. The molecular formula is C8H8ClF2NO. The monoisotopic (exact) mass is 207 g/mol. The average Bonchev–Trinajstić information content (AvgIpc) is 2.08. The summed E-state index contributed by atoms with van der Waals surface area (Å²) in [5.41, 5.74) is 0.0681. The fraction of sp³-hybridized carbons (Fsp3) is 0.375. The number of ether oxygens (including phenoxy) is 1. The maximum atomic E-state index is 12.5. The van der Waals surface area contributed by atoms with Crippen molar-refractivity contribution >= 4 is 11.6 Å². The molecule has 1 aromatic heterocycles. The second kappa shape index (κ2) is 3.87. The lowest BCUT2D eigenvalue weighted by molar-refractivity contribution is 0.145. The molecule has 0 spiro atoms. The van der Waals surface area contributed by atoms with E-state index >= 15 is 0 Å². The van der Waals surface area contributed by atoms with Crippen LogP contribution in [-0.2, 0) is 0 Å². The number of hydrogen-bond donors (Lipinski definition) is 0. The number of hydrogen-bond acceptors (Lipinski definition) is 2. The van der Waals surface area contributed by atoms with E-state index in [1.165, 1.54) is 20.2 Å². The molecule has 1 aromatic rings. The van der Waals surface area contributed by atoms with E-state index in [1.54, 1.807) is 0 Å². The number of methoxy groups -OCH3 is 1. The van der Waals surface area contributed by atoms with Crippen LogP contribution in [0.1, 0.15) is 17.6 Å². The van der Waals surface area contributed by atoms with Gasteiger partial charge < -0.3 is 4.74 Å². The minimum Gasteiger partial charge on any atom is -0.481 e. The first-order valence-electron chi connectivity index (χ1n) is 3.55. The van der Waals surface area contributed by atoms with Gasteiger partial charge in [-0.2, -0.15) is 0 Å². The molecule has 1 heterocycles. The van der Waals surface area contributed by atoms with E-state index in [0.717, 1.165) is 0 Å². The minimum absolute atomic E-state index is 0.0723. The molecular weight excluding hydrogens is 200 g/mol. The van der Waals surface area contributed by atoms with Gasteiger partial charge in [0.05, 0.1) is 17.7 Å². The van der Waals surface area contributed by atoms with Gasteiger partial charge in [0.2, 0.25) is 5.88 Å². The summed E-state index contributed by atoms with van der Waals surface area (Å²) in [6.07, 6.45) is -1.33. The van der Waals surface area contributed by atoms with Crippen molar-refractivity contribution < 1.29 is 13.5 Å². The molecule has 0 saturated carbocycles. The molecule has 0 aromatic carbocycles. The lowest BCUT2D eigenvalue weighted by atomic mass is 10.1. The zero-order valence-electron chi connectivity index (χ0n) is 7.14. The van der Waals surface area contributed by atoms with Gasteiger partial charge in [-0.15, -0.1) is 0 Å². The van der Waals surface area contributed by atoms with E-state index in [-0.39, 0.29) is 16.5 Å². The van der Waals surface area contributed by atoms with Gasteiger partial charge in [-0.1, -0.05) is 11.6 Å². The third-order valence-corrected chi connectivity index (χ3v) is 2.08. The highest BCUT2D eigenvalue weighted by molar-refractivity contribution is 6.31. The van der Waals surface area contributed by atoms with Crippen LogP contribution in [0.3, 0.4) is 0 Å². The molecule has 0 radical (unpaired) electrons. The Hall–Kier alpha value is -0.900. The van der Waals surface area contributed by atoms with Gasteiger partial charge in [-0.25, -0.2) is 13.8 Å². The highest BCUT2D eigenvalue weighted by Gasteiger charge is 2.19. The Morgan fingerprint density at radius 2 is 2.15 bits per heavy atom. The molecule has 0 saturated heterocycles. The number of aromatic nitrogens is 1. The molecule has 5 heteroatoms. The molecule has 2 nitrogen and oxygen atoms in total. The fourth-order valence-electron chi connectivity index (χ4n) is 0.990. The standard InChI is InChI=1S/C8H8ClF2NO/c1-4-5(9)3-12-8(13-2)6(4)7(10)11/h3,7H,1-2H3. The topological polar surface area (TPSA) is 22.1 Å². The molecule has 0 aliphatic carbocycles. The second-order valence-electron chi connectivity index (χ2n) is 2.45. The molecule has 0 aliphatic heterocycles. The van der Waals surface area contributed by atoms with E-state index in [4.69, 9.17) is 16.3 Å². The summed E-state index contributed by atoms with van der Waals surface area (Å²) in [6, 6.07) is 0. The van der Waals surface area contributed by atoms with Crippen molar-refractivity contribution in [2.45, 2.75) is 13.3 Å². The normalized spacial score (nSPS) is 10.6. The van der Waals surface area contributed by atoms with Gasteiger partial charge in [0, 0.05) is 6.20 Å². The van der Waals surface area contributed by atoms with Crippen molar-refractivity contribution in [2.75, 3.05) is 7.11 Å². The molecule has 72 valence electrons. The summed E-state index contributed by atoms with van der Waals surface area (Å²) < 4.78 is 29.6. The first-order valence-corrected chi connectivity index (χ1v) is 3.92. The Morgan fingerprint density at radius 3 is 2.62 bits per heavy atom. The molecule has 13 heavy (non-hydrogen) atoms. The first kappa shape index (κ1) is 10.2. The number of pyridine rings is 1. The van der Waals surface area contributed by atoms with E-state index in [9.17, 15) is 8.78 Å². The highest BCUT2D eigenvalue weighted by Crippen LogP contribution is 2.33. The summed E-state index contributed by atoms with van der Waals surface area (Å²) in [5, 5.41) is 0.219. The summed E-state index contributed by atoms with van der Waals surface area (Å²) >= 11 is 5.64. The van der Waals surface area contributed by atoms with Crippen molar-refractivity contribution in [3.05, 3.63) is 22.3 Å². The molecule has 0 N–H and O–H groups in total. The Labute approximate surface area is 79.5 Å². The predicted molar refractivity (Wildman–Crippen MR) is 45.5 cm³/mol. The minimum atomic E-state index is -2.62. The lowest BCUT2D eigenvalue weighted by Gasteiger charge is -2.10. The van der Waals surface area contributed by atoms with Gasteiger partial charge in [0.25, 0.3) is 6.43 Å². The highest BCUT2D eigenvalue weighted by atomic mass is 35.5. The SMILES string of the molecule is COc1ncc(Cl)c(C)c1C(F)F. The molecule has 0 amide bonds.